The summed E-state index contributed by atoms with van der Waals surface area (Å²) < 4.78 is 27.6. The highest BCUT2D eigenvalue weighted by Gasteiger charge is 2.14. The molecular weight excluding hydrogens is 408 g/mol. The quantitative estimate of drug-likeness (QED) is 0.538. The minimum Gasteiger partial charge on any atom is -0.323 e. The Hall–Kier alpha value is -3.09. The number of sulfonamides is 1. The van der Waals surface area contributed by atoms with E-state index in [1.54, 1.807) is 24.3 Å². The number of hydrogen-bond donors (Lipinski definition) is 2. The first-order valence-corrected chi connectivity index (χ1v) is 10.6. The van der Waals surface area contributed by atoms with Crippen molar-refractivity contribution in [3.63, 3.8) is 0 Å². The van der Waals surface area contributed by atoms with E-state index in [1.807, 2.05) is 37.3 Å². The van der Waals surface area contributed by atoms with Crippen molar-refractivity contribution < 1.29 is 13.2 Å². The molecule has 5 nitrogen and oxygen atoms in total. The Morgan fingerprint density at radius 3 is 2.24 bits per heavy atom. The van der Waals surface area contributed by atoms with Gasteiger partial charge in [-0.15, -0.1) is 0 Å². The molecule has 3 aromatic rings. The summed E-state index contributed by atoms with van der Waals surface area (Å²) >= 11 is 6.04. The number of hydrogen-bond acceptors (Lipinski definition) is 3. The van der Waals surface area contributed by atoms with Gasteiger partial charge in [-0.2, -0.15) is 0 Å². The van der Waals surface area contributed by atoms with Crippen LogP contribution in [0.4, 0.5) is 11.4 Å². The van der Waals surface area contributed by atoms with E-state index in [9.17, 15) is 13.2 Å². The molecule has 0 aliphatic heterocycles. The summed E-state index contributed by atoms with van der Waals surface area (Å²) in [6.07, 6.45) is 3.12. The van der Waals surface area contributed by atoms with E-state index in [0.717, 1.165) is 11.1 Å². The molecule has 0 aliphatic rings. The average Bonchev–Trinajstić information content (AvgIpc) is 2.70. The average molecular weight is 427 g/mol. The van der Waals surface area contributed by atoms with Crippen LogP contribution < -0.4 is 10.0 Å². The fourth-order valence-electron chi connectivity index (χ4n) is 2.51. The van der Waals surface area contributed by atoms with Gasteiger partial charge in [-0.3, -0.25) is 9.52 Å². The number of halogens is 1. The monoisotopic (exact) mass is 426 g/mol. The number of nitrogens with one attached hydrogen (secondary N) is 2. The summed E-state index contributed by atoms with van der Waals surface area (Å²) in [5.74, 6) is -0.308. The maximum atomic E-state index is 12.5. The Balaban J connectivity index is 1.66. The lowest BCUT2D eigenvalue weighted by molar-refractivity contribution is -0.111. The second-order valence-electron chi connectivity index (χ2n) is 6.33. The maximum Gasteiger partial charge on any atom is 0.261 e. The summed E-state index contributed by atoms with van der Waals surface area (Å²) in [6, 6.07) is 20.3. The molecule has 0 unspecified atom stereocenters. The van der Waals surface area contributed by atoms with Crippen LogP contribution in [-0.4, -0.2) is 14.3 Å². The highest BCUT2D eigenvalue weighted by Crippen LogP contribution is 2.23. The first-order chi connectivity index (χ1) is 13.8. The Morgan fingerprint density at radius 1 is 0.931 bits per heavy atom. The van der Waals surface area contributed by atoms with Crippen LogP contribution >= 0.6 is 11.6 Å². The predicted octanol–water partition coefficient (Wildman–Crippen LogP) is 5.10. The van der Waals surface area contributed by atoms with Crippen molar-refractivity contribution in [2.75, 3.05) is 10.0 Å². The van der Waals surface area contributed by atoms with Gasteiger partial charge in [-0.25, -0.2) is 8.42 Å². The maximum absolute atomic E-state index is 12.5. The molecule has 7 heteroatoms. The van der Waals surface area contributed by atoms with Gasteiger partial charge in [0.25, 0.3) is 10.0 Å². The molecule has 0 aliphatic carbocycles. The number of anilines is 2. The van der Waals surface area contributed by atoms with Crippen molar-refractivity contribution in [2.45, 2.75) is 11.8 Å². The van der Waals surface area contributed by atoms with Gasteiger partial charge < -0.3 is 5.32 Å². The van der Waals surface area contributed by atoms with E-state index < -0.39 is 10.0 Å². The molecule has 0 bridgehead atoms. The van der Waals surface area contributed by atoms with Crippen LogP contribution in [-0.2, 0) is 14.8 Å². The van der Waals surface area contributed by atoms with E-state index in [-0.39, 0.29) is 10.8 Å². The van der Waals surface area contributed by atoms with E-state index in [0.29, 0.717) is 16.4 Å². The lowest BCUT2D eigenvalue weighted by Gasteiger charge is -2.10. The Kier molecular flexibility index (Phi) is 6.36. The Morgan fingerprint density at radius 2 is 1.59 bits per heavy atom. The predicted molar refractivity (Wildman–Crippen MR) is 118 cm³/mol. The largest absolute Gasteiger partial charge is 0.323 e. The molecule has 148 valence electrons. The van der Waals surface area contributed by atoms with E-state index >= 15 is 0 Å². The summed E-state index contributed by atoms with van der Waals surface area (Å²) in [5.41, 5.74) is 2.64. The summed E-state index contributed by atoms with van der Waals surface area (Å²) in [7, 11) is -3.77. The molecule has 0 saturated carbocycles. The smallest absolute Gasteiger partial charge is 0.261 e. The van der Waals surface area contributed by atoms with Crippen LogP contribution in [0.1, 0.15) is 11.1 Å². The highest BCUT2D eigenvalue weighted by molar-refractivity contribution is 7.92. The molecule has 0 spiro atoms. The molecule has 0 aromatic heterocycles. The van der Waals surface area contributed by atoms with Crippen LogP contribution in [0.15, 0.2) is 83.8 Å². The van der Waals surface area contributed by atoms with Crippen LogP contribution in [0, 0.1) is 6.92 Å². The molecule has 0 radical (unpaired) electrons. The molecule has 0 saturated heterocycles. The molecule has 3 rings (SSSR count). The summed E-state index contributed by atoms with van der Waals surface area (Å²) in [5, 5.41) is 3.17. The normalized spacial score (nSPS) is 11.4. The number of benzene rings is 3. The third kappa shape index (κ3) is 5.70. The second-order valence-corrected chi connectivity index (χ2v) is 8.42. The standard InChI is InChI=1S/C22H19ClN2O3S/c1-16-7-9-19(15-21(16)23)25-29(27,28)20-12-10-18(11-13-20)24-22(26)14-8-17-5-3-2-4-6-17/h2-15,25H,1H3,(H,24,26)/b14-8+. The van der Waals surface area contributed by atoms with Crippen molar-refractivity contribution in [1.82, 2.24) is 0 Å². The fraction of sp³-hybridized carbons (Fsp3) is 0.0455. The lowest BCUT2D eigenvalue weighted by atomic mass is 10.2. The first-order valence-electron chi connectivity index (χ1n) is 8.77. The van der Waals surface area contributed by atoms with Gasteiger partial charge in [0.15, 0.2) is 0 Å². The van der Waals surface area contributed by atoms with Gasteiger partial charge in [0.05, 0.1) is 10.6 Å². The molecular formula is C22H19ClN2O3S. The lowest BCUT2D eigenvalue weighted by Crippen LogP contribution is -2.13. The number of amides is 1. The minimum atomic E-state index is -3.77. The molecule has 2 N–H and O–H groups in total. The zero-order valence-electron chi connectivity index (χ0n) is 15.6. The zero-order valence-corrected chi connectivity index (χ0v) is 17.2. The fourth-order valence-corrected chi connectivity index (χ4v) is 3.74. The first kappa shape index (κ1) is 20.6. The van der Waals surface area contributed by atoms with Gasteiger partial charge >= 0.3 is 0 Å². The van der Waals surface area contributed by atoms with Crippen molar-refractivity contribution >= 4 is 45.0 Å². The second kappa shape index (κ2) is 8.94. The SMILES string of the molecule is Cc1ccc(NS(=O)(=O)c2ccc(NC(=O)/C=C/c3ccccc3)cc2)cc1Cl. The minimum absolute atomic E-state index is 0.0759. The van der Waals surface area contributed by atoms with Gasteiger partial charge in [0, 0.05) is 16.8 Å². The van der Waals surface area contributed by atoms with Crippen LogP contribution in [0.2, 0.25) is 5.02 Å². The van der Waals surface area contributed by atoms with Crippen molar-refractivity contribution in [3.8, 4) is 0 Å². The molecule has 1 amide bonds. The topological polar surface area (TPSA) is 75.3 Å². The third-order valence-electron chi connectivity index (χ3n) is 4.08. The van der Waals surface area contributed by atoms with Crippen molar-refractivity contribution in [2.24, 2.45) is 0 Å². The van der Waals surface area contributed by atoms with E-state index in [4.69, 9.17) is 11.6 Å². The molecule has 29 heavy (non-hydrogen) atoms. The van der Waals surface area contributed by atoms with E-state index in [1.165, 1.54) is 30.3 Å². The van der Waals surface area contributed by atoms with Gasteiger partial charge in [-0.1, -0.05) is 48.0 Å². The molecule has 3 aromatic carbocycles. The van der Waals surface area contributed by atoms with E-state index in [2.05, 4.69) is 10.0 Å². The zero-order chi connectivity index (χ0) is 20.9. The summed E-state index contributed by atoms with van der Waals surface area (Å²) in [6.45, 7) is 1.84. The van der Waals surface area contributed by atoms with Gasteiger partial charge in [-0.05, 0) is 60.5 Å². The number of aryl methyl sites for hydroxylation is 1. The molecule has 0 heterocycles. The van der Waals surface area contributed by atoms with Crippen LogP contribution in [0.5, 0.6) is 0 Å². The molecule has 0 atom stereocenters. The van der Waals surface area contributed by atoms with Crippen molar-refractivity contribution in [1.29, 1.82) is 0 Å². The number of rotatable bonds is 6. The number of carbonyl (C=O) groups is 1. The van der Waals surface area contributed by atoms with Crippen molar-refractivity contribution in [3.05, 3.63) is 95.0 Å². The molecule has 0 fully saturated rings. The van der Waals surface area contributed by atoms with Gasteiger partial charge in [0.2, 0.25) is 5.91 Å². The summed E-state index contributed by atoms with van der Waals surface area (Å²) in [4.78, 5) is 12.1. The third-order valence-corrected chi connectivity index (χ3v) is 5.89. The van der Waals surface area contributed by atoms with Crippen LogP contribution in [0.3, 0.4) is 0 Å². The number of carbonyl (C=O) groups excluding carboxylic acids is 1. The Labute approximate surface area is 175 Å². The van der Waals surface area contributed by atoms with Crippen LogP contribution in [0.25, 0.3) is 6.08 Å². The Bertz CT molecular complexity index is 1140. The van der Waals surface area contributed by atoms with Gasteiger partial charge in [0.1, 0.15) is 0 Å². The highest BCUT2D eigenvalue weighted by atomic mass is 35.5.